The Kier molecular flexibility index (Phi) is 3.11. The molecule has 2 amide bonds. The van der Waals surface area contributed by atoms with Crippen LogP contribution in [0.4, 0.5) is 10.5 Å². The highest BCUT2D eigenvalue weighted by Crippen LogP contribution is 2.28. The Morgan fingerprint density at radius 1 is 1.45 bits per heavy atom. The average Bonchev–Trinajstić information content (AvgIpc) is 2.87. The third-order valence-corrected chi connectivity index (χ3v) is 3.90. The molecule has 6 nitrogen and oxygen atoms in total. The zero-order valence-corrected chi connectivity index (χ0v) is 11.3. The van der Waals surface area contributed by atoms with Crippen molar-refractivity contribution in [3.8, 4) is 11.8 Å². The zero-order chi connectivity index (χ0) is 14.1. The standard InChI is InChI=1S/C14H16N4O2/c1-20-12-3-2-10(7-15)13(6-12)17-4-5-18-11(9-17)8-16-14(18)19/h2-3,6,11H,4-5,8-9H2,1H3,(H,16,19). The fourth-order valence-corrected chi connectivity index (χ4v) is 2.82. The van der Waals surface area contributed by atoms with Crippen LogP contribution in [-0.2, 0) is 0 Å². The number of hydrogen-bond donors (Lipinski definition) is 1. The first-order valence-corrected chi connectivity index (χ1v) is 6.60. The fraction of sp³-hybridized carbons (Fsp3) is 0.429. The number of rotatable bonds is 2. The maximum absolute atomic E-state index is 11.6. The average molecular weight is 272 g/mol. The Morgan fingerprint density at radius 2 is 2.30 bits per heavy atom. The molecule has 20 heavy (non-hydrogen) atoms. The predicted molar refractivity (Wildman–Crippen MR) is 73.8 cm³/mol. The molecule has 104 valence electrons. The van der Waals surface area contributed by atoms with Crippen molar-refractivity contribution in [2.75, 3.05) is 38.2 Å². The van der Waals surface area contributed by atoms with Crippen molar-refractivity contribution in [1.82, 2.24) is 10.2 Å². The largest absolute Gasteiger partial charge is 0.497 e. The summed E-state index contributed by atoms with van der Waals surface area (Å²) in [5.74, 6) is 0.738. The topological polar surface area (TPSA) is 68.6 Å². The van der Waals surface area contributed by atoms with Crippen LogP contribution >= 0.6 is 0 Å². The second-order valence-corrected chi connectivity index (χ2v) is 4.97. The third kappa shape index (κ3) is 2.01. The molecule has 2 aliphatic heterocycles. The molecular formula is C14H16N4O2. The number of benzene rings is 1. The minimum atomic E-state index is 0.0146. The summed E-state index contributed by atoms with van der Waals surface area (Å²) in [6.07, 6.45) is 0. The summed E-state index contributed by atoms with van der Waals surface area (Å²) in [6.45, 7) is 2.81. The van der Waals surface area contributed by atoms with E-state index in [0.29, 0.717) is 18.7 Å². The van der Waals surface area contributed by atoms with Crippen molar-refractivity contribution in [3.05, 3.63) is 23.8 Å². The second kappa shape index (κ2) is 4.93. The Labute approximate surface area is 117 Å². The molecule has 1 atom stereocenters. The molecule has 2 saturated heterocycles. The number of carbonyl (C=O) groups excluding carboxylic acids is 1. The molecule has 0 aromatic heterocycles. The van der Waals surface area contributed by atoms with E-state index in [2.05, 4.69) is 16.3 Å². The second-order valence-electron chi connectivity index (χ2n) is 4.97. The number of anilines is 1. The van der Waals surface area contributed by atoms with Crippen LogP contribution in [0.1, 0.15) is 5.56 Å². The lowest BCUT2D eigenvalue weighted by atomic mass is 10.1. The molecule has 1 aromatic rings. The third-order valence-electron chi connectivity index (χ3n) is 3.90. The zero-order valence-electron chi connectivity index (χ0n) is 11.3. The van der Waals surface area contributed by atoms with Crippen LogP contribution in [0, 0.1) is 11.3 Å². The van der Waals surface area contributed by atoms with Crippen molar-refractivity contribution >= 4 is 11.7 Å². The van der Waals surface area contributed by atoms with E-state index in [-0.39, 0.29) is 12.1 Å². The molecule has 1 unspecified atom stereocenters. The number of methoxy groups -OCH3 is 1. The number of piperazine rings is 1. The quantitative estimate of drug-likeness (QED) is 0.864. The van der Waals surface area contributed by atoms with Crippen LogP contribution in [0.5, 0.6) is 5.75 Å². The highest BCUT2D eigenvalue weighted by Gasteiger charge is 2.35. The van der Waals surface area contributed by atoms with Crippen LogP contribution in [0.15, 0.2) is 18.2 Å². The van der Waals surface area contributed by atoms with Gasteiger partial charge in [-0.25, -0.2) is 4.79 Å². The van der Waals surface area contributed by atoms with Gasteiger partial charge in [-0.3, -0.25) is 0 Å². The van der Waals surface area contributed by atoms with Gasteiger partial charge in [0.1, 0.15) is 11.8 Å². The lowest BCUT2D eigenvalue weighted by Gasteiger charge is -2.38. The van der Waals surface area contributed by atoms with E-state index in [9.17, 15) is 10.1 Å². The van der Waals surface area contributed by atoms with Gasteiger partial charge in [-0.1, -0.05) is 0 Å². The lowest BCUT2D eigenvalue weighted by Crippen LogP contribution is -2.52. The molecule has 3 rings (SSSR count). The van der Waals surface area contributed by atoms with E-state index in [1.165, 1.54) is 0 Å². The molecule has 1 aromatic carbocycles. The Hall–Kier alpha value is -2.42. The van der Waals surface area contributed by atoms with Gasteiger partial charge in [0.15, 0.2) is 0 Å². The van der Waals surface area contributed by atoms with Crippen molar-refractivity contribution in [2.24, 2.45) is 0 Å². The number of amides is 2. The fourth-order valence-electron chi connectivity index (χ4n) is 2.82. The SMILES string of the molecule is COc1ccc(C#N)c(N2CCN3C(=O)NCC3C2)c1. The van der Waals surface area contributed by atoms with Gasteiger partial charge < -0.3 is 19.9 Å². The molecule has 2 aliphatic rings. The van der Waals surface area contributed by atoms with Crippen LogP contribution in [0.2, 0.25) is 0 Å². The molecule has 1 N–H and O–H groups in total. The monoisotopic (exact) mass is 272 g/mol. The number of ether oxygens (including phenoxy) is 1. The molecular weight excluding hydrogens is 256 g/mol. The van der Waals surface area contributed by atoms with E-state index in [1.807, 2.05) is 11.0 Å². The van der Waals surface area contributed by atoms with E-state index in [0.717, 1.165) is 24.5 Å². The van der Waals surface area contributed by atoms with Gasteiger partial charge >= 0.3 is 6.03 Å². The first-order chi connectivity index (χ1) is 9.72. The maximum atomic E-state index is 11.6. The number of hydrogen-bond acceptors (Lipinski definition) is 4. The number of nitriles is 1. The van der Waals surface area contributed by atoms with Gasteiger partial charge in [-0.05, 0) is 12.1 Å². The Morgan fingerprint density at radius 3 is 3.05 bits per heavy atom. The number of fused-ring (bicyclic) bond motifs is 1. The molecule has 6 heteroatoms. The summed E-state index contributed by atoms with van der Waals surface area (Å²) >= 11 is 0. The normalized spacial score (nSPS) is 21.2. The molecule has 2 heterocycles. The van der Waals surface area contributed by atoms with Gasteiger partial charge in [0.2, 0.25) is 0 Å². The summed E-state index contributed by atoms with van der Waals surface area (Å²) in [5.41, 5.74) is 1.52. The van der Waals surface area contributed by atoms with Crippen LogP contribution in [0.3, 0.4) is 0 Å². The van der Waals surface area contributed by atoms with Gasteiger partial charge in [0, 0.05) is 32.2 Å². The summed E-state index contributed by atoms with van der Waals surface area (Å²) in [6, 6.07) is 7.86. The van der Waals surface area contributed by atoms with E-state index >= 15 is 0 Å². The summed E-state index contributed by atoms with van der Waals surface area (Å²) in [4.78, 5) is 15.6. The van der Waals surface area contributed by atoms with Crippen molar-refractivity contribution < 1.29 is 9.53 Å². The molecule has 0 bridgehead atoms. The molecule has 2 fully saturated rings. The van der Waals surface area contributed by atoms with Crippen LogP contribution in [-0.4, -0.2) is 50.3 Å². The van der Waals surface area contributed by atoms with Crippen molar-refractivity contribution in [1.29, 1.82) is 5.26 Å². The summed E-state index contributed by atoms with van der Waals surface area (Å²) in [7, 11) is 1.61. The Balaban J connectivity index is 1.87. The lowest BCUT2D eigenvalue weighted by molar-refractivity contribution is 0.197. The number of nitrogens with one attached hydrogen (secondary N) is 1. The first-order valence-electron chi connectivity index (χ1n) is 6.60. The van der Waals surface area contributed by atoms with Crippen LogP contribution in [0.25, 0.3) is 0 Å². The number of carbonyl (C=O) groups is 1. The van der Waals surface area contributed by atoms with Crippen molar-refractivity contribution in [3.63, 3.8) is 0 Å². The van der Waals surface area contributed by atoms with Gasteiger partial charge in [-0.2, -0.15) is 5.26 Å². The Bertz CT molecular complexity index is 581. The predicted octanol–water partition coefficient (Wildman–Crippen LogP) is 0.781. The molecule has 0 aliphatic carbocycles. The first kappa shape index (κ1) is 12.6. The highest BCUT2D eigenvalue weighted by molar-refractivity contribution is 5.77. The minimum Gasteiger partial charge on any atom is -0.497 e. The van der Waals surface area contributed by atoms with Gasteiger partial charge in [-0.15, -0.1) is 0 Å². The van der Waals surface area contributed by atoms with Crippen LogP contribution < -0.4 is 15.0 Å². The van der Waals surface area contributed by atoms with E-state index < -0.39 is 0 Å². The van der Waals surface area contributed by atoms with Gasteiger partial charge in [0.25, 0.3) is 0 Å². The number of nitrogens with zero attached hydrogens (tertiary/aromatic N) is 3. The summed E-state index contributed by atoms with van der Waals surface area (Å²) in [5, 5.41) is 12.1. The molecule has 0 spiro atoms. The highest BCUT2D eigenvalue weighted by atomic mass is 16.5. The number of urea groups is 1. The van der Waals surface area contributed by atoms with E-state index in [4.69, 9.17) is 4.74 Å². The minimum absolute atomic E-state index is 0.0146. The summed E-state index contributed by atoms with van der Waals surface area (Å²) < 4.78 is 5.24. The maximum Gasteiger partial charge on any atom is 0.317 e. The molecule has 0 radical (unpaired) electrons. The van der Waals surface area contributed by atoms with Gasteiger partial charge in [0.05, 0.1) is 24.4 Å². The van der Waals surface area contributed by atoms with Crippen molar-refractivity contribution in [2.45, 2.75) is 6.04 Å². The molecule has 0 saturated carbocycles. The smallest absolute Gasteiger partial charge is 0.317 e. The van der Waals surface area contributed by atoms with E-state index in [1.54, 1.807) is 19.2 Å².